The van der Waals surface area contributed by atoms with Gasteiger partial charge in [-0.3, -0.25) is 0 Å². The van der Waals surface area contributed by atoms with Crippen LogP contribution in [-0.4, -0.2) is 34.5 Å². The highest BCUT2D eigenvalue weighted by atomic mass is 16.3. The SMILES string of the molecule is Cc1cccc(NCC(O)CO)n1. The van der Waals surface area contributed by atoms with Crippen LogP contribution in [0.25, 0.3) is 0 Å². The number of hydrogen-bond donors (Lipinski definition) is 3. The van der Waals surface area contributed by atoms with E-state index in [-0.39, 0.29) is 6.61 Å². The van der Waals surface area contributed by atoms with E-state index in [9.17, 15) is 0 Å². The molecule has 0 aliphatic rings. The number of nitrogens with zero attached hydrogens (tertiary/aromatic N) is 1. The molecule has 72 valence electrons. The van der Waals surface area contributed by atoms with Gasteiger partial charge in [0.05, 0.1) is 12.7 Å². The summed E-state index contributed by atoms with van der Waals surface area (Å²) in [6, 6.07) is 5.60. The summed E-state index contributed by atoms with van der Waals surface area (Å²) in [5.41, 5.74) is 0.920. The van der Waals surface area contributed by atoms with Crippen molar-refractivity contribution in [2.45, 2.75) is 13.0 Å². The van der Waals surface area contributed by atoms with Gasteiger partial charge in [-0.25, -0.2) is 4.98 Å². The maximum absolute atomic E-state index is 9.05. The van der Waals surface area contributed by atoms with Crippen molar-refractivity contribution in [3.63, 3.8) is 0 Å². The van der Waals surface area contributed by atoms with Crippen molar-refractivity contribution in [2.75, 3.05) is 18.5 Å². The Morgan fingerprint density at radius 2 is 2.31 bits per heavy atom. The minimum Gasteiger partial charge on any atom is -0.394 e. The molecule has 0 bridgehead atoms. The molecule has 0 aromatic carbocycles. The minimum absolute atomic E-state index is 0.237. The van der Waals surface area contributed by atoms with E-state index in [0.717, 1.165) is 5.69 Å². The molecule has 4 nitrogen and oxygen atoms in total. The molecule has 3 N–H and O–H groups in total. The van der Waals surface area contributed by atoms with Gasteiger partial charge in [-0.15, -0.1) is 0 Å². The molecule has 4 heteroatoms. The molecular formula is C9H14N2O2. The Morgan fingerprint density at radius 1 is 1.54 bits per heavy atom. The third-order valence-corrected chi connectivity index (χ3v) is 1.62. The zero-order valence-electron chi connectivity index (χ0n) is 7.57. The number of aryl methyl sites for hydroxylation is 1. The molecule has 0 radical (unpaired) electrons. The highest BCUT2D eigenvalue weighted by Gasteiger charge is 2.01. The topological polar surface area (TPSA) is 65.4 Å². The summed E-state index contributed by atoms with van der Waals surface area (Å²) in [6.07, 6.45) is -0.734. The minimum atomic E-state index is -0.734. The Morgan fingerprint density at radius 3 is 2.92 bits per heavy atom. The van der Waals surface area contributed by atoms with Crippen molar-refractivity contribution in [3.05, 3.63) is 23.9 Å². The summed E-state index contributed by atoms with van der Waals surface area (Å²) in [5.74, 6) is 0.715. The summed E-state index contributed by atoms with van der Waals surface area (Å²) in [6.45, 7) is 1.97. The van der Waals surface area contributed by atoms with Crippen LogP contribution in [-0.2, 0) is 0 Å². The van der Waals surface area contributed by atoms with E-state index in [1.807, 2.05) is 25.1 Å². The number of rotatable bonds is 4. The van der Waals surface area contributed by atoms with E-state index in [2.05, 4.69) is 10.3 Å². The molecule has 1 rings (SSSR count). The Balaban J connectivity index is 2.45. The van der Waals surface area contributed by atoms with E-state index in [1.54, 1.807) is 0 Å². The van der Waals surface area contributed by atoms with Crippen LogP contribution in [0, 0.1) is 6.92 Å². The van der Waals surface area contributed by atoms with Gasteiger partial charge in [0.2, 0.25) is 0 Å². The highest BCUT2D eigenvalue weighted by molar-refractivity contribution is 5.35. The molecule has 0 spiro atoms. The first kappa shape index (κ1) is 9.95. The molecule has 0 aliphatic carbocycles. The average molecular weight is 182 g/mol. The summed E-state index contributed by atoms with van der Waals surface area (Å²) >= 11 is 0. The second kappa shape index (κ2) is 4.79. The van der Waals surface area contributed by atoms with E-state index < -0.39 is 6.10 Å². The molecule has 1 aromatic heterocycles. The Bertz CT molecular complexity index is 266. The molecule has 0 amide bonds. The number of aromatic nitrogens is 1. The number of anilines is 1. The number of nitrogens with one attached hydrogen (secondary N) is 1. The van der Waals surface area contributed by atoms with Crippen molar-refractivity contribution in [1.82, 2.24) is 4.98 Å². The van der Waals surface area contributed by atoms with Gasteiger partial charge < -0.3 is 15.5 Å². The van der Waals surface area contributed by atoms with Crippen LogP contribution in [0.3, 0.4) is 0 Å². The van der Waals surface area contributed by atoms with Crippen molar-refractivity contribution in [1.29, 1.82) is 0 Å². The highest BCUT2D eigenvalue weighted by Crippen LogP contribution is 2.03. The van der Waals surface area contributed by atoms with E-state index >= 15 is 0 Å². The fraction of sp³-hybridized carbons (Fsp3) is 0.444. The van der Waals surface area contributed by atoms with Gasteiger partial charge in [-0.1, -0.05) is 6.07 Å². The van der Waals surface area contributed by atoms with E-state index in [1.165, 1.54) is 0 Å². The van der Waals surface area contributed by atoms with Gasteiger partial charge in [-0.2, -0.15) is 0 Å². The predicted octanol–water partition coefficient (Wildman–Crippen LogP) is 0.155. The number of aliphatic hydroxyl groups excluding tert-OH is 2. The second-order valence-corrected chi connectivity index (χ2v) is 2.88. The zero-order valence-corrected chi connectivity index (χ0v) is 7.57. The molecule has 1 aromatic rings. The van der Waals surface area contributed by atoms with Gasteiger partial charge in [-0.05, 0) is 19.1 Å². The third kappa shape index (κ3) is 3.40. The Hall–Kier alpha value is -1.13. The van der Waals surface area contributed by atoms with Gasteiger partial charge >= 0.3 is 0 Å². The van der Waals surface area contributed by atoms with Gasteiger partial charge in [0.1, 0.15) is 5.82 Å². The van der Waals surface area contributed by atoms with Crippen LogP contribution >= 0.6 is 0 Å². The zero-order chi connectivity index (χ0) is 9.68. The summed E-state index contributed by atoms with van der Waals surface area (Å²) in [5, 5.41) is 20.5. The molecule has 1 heterocycles. The molecule has 0 aliphatic heterocycles. The lowest BCUT2D eigenvalue weighted by Crippen LogP contribution is -2.23. The van der Waals surface area contributed by atoms with Crippen LogP contribution in [0.4, 0.5) is 5.82 Å². The molecule has 13 heavy (non-hydrogen) atoms. The quantitative estimate of drug-likeness (QED) is 0.620. The monoisotopic (exact) mass is 182 g/mol. The maximum atomic E-state index is 9.05. The fourth-order valence-electron chi connectivity index (χ4n) is 0.928. The lowest BCUT2D eigenvalue weighted by molar-refractivity contribution is 0.105. The summed E-state index contributed by atoms with van der Waals surface area (Å²) in [4.78, 5) is 4.18. The maximum Gasteiger partial charge on any atom is 0.126 e. The first-order valence-corrected chi connectivity index (χ1v) is 4.19. The number of aliphatic hydroxyl groups is 2. The molecule has 0 saturated carbocycles. The van der Waals surface area contributed by atoms with Crippen LogP contribution in [0.15, 0.2) is 18.2 Å². The van der Waals surface area contributed by atoms with Gasteiger partial charge in [0, 0.05) is 12.2 Å². The van der Waals surface area contributed by atoms with Crippen molar-refractivity contribution < 1.29 is 10.2 Å². The standard InChI is InChI=1S/C9H14N2O2/c1-7-3-2-4-9(11-7)10-5-8(13)6-12/h2-4,8,12-13H,5-6H2,1H3,(H,10,11). The Kier molecular flexibility index (Phi) is 3.67. The van der Waals surface area contributed by atoms with Crippen LogP contribution < -0.4 is 5.32 Å². The van der Waals surface area contributed by atoms with Crippen molar-refractivity contribution in [2.24, 2.45) is 0 Å². The fourth-order valence-corrected chi connectivity index (χ4v) is 0.928. The van der Waals surface area contributed by atoms with Gasteiger partial charge in [0.15, 0.2) is 0 Å². The summed E-state index contributed by atoms with van der Waals surface area (Å²) < 4.78 is 0. The lowest BCUT2D eigenvalue weighted by Gasteiger charge is -2.09. The average Bonchev–Trinajstić information content (AvgIpc) is 2.14. The van der Waals surface area contributed by atoms with Gasteiger partial charge in [0.25, 0.3) is 0 Å². The molecule has 0 fully saturated rings. The predicted molar refractivity (Wildman–Crippen MR) is 50.6 cm³/mol. The van der Waals surface area contributed by atoms with Crippen LogP contribution in [0.1, 0.15) is 5.69 Å². The Labute approximate surface area is 77.2 Å². The van der Waals surface area contributed by atoms with Crippen molar-refractivity contribution in [3.8, 4) is 0 Å². The largest absolute Gasteiger partial charge is 0.394 e. The number of pyridine rings is 1. The van der Waals surface area contributed by atoms with Crippen molar-refractivity contribution >= 4 is 5.82 Å². The van der Waals surface area contributed by atoms with E-state index in [0.29, 0.717) is 12.4 Å². The first-order chi connectivity index (χ1) is 6.22. The molecular weight excluding hydrogens is 168 g/mol. The molecule has 1 unspecified atom stereocenters. The third-order valence-electron chi connectivity index (χ3n) is 1.62. The first-order valence-electron chi connectivity index (χ1n) is 4.19. The smallest absolute Gasteiger partial charge is 0.126 e. The van der Waals surface area contributed by atoms with E-state index in [4.69, 9.17) is 10.2 Å². The normalized spacial score (nSPS) is 12.5. The van der Waals surface area contributed by atoms with Crippen LogP contribution in [0.2, 0.25) is 0 Å². The van der Waals surface area contributed by atoms with Crippen LogP contribution in [0.5, 0.6) is 0 Å². The summed E-state index contributed by atoms with van der Waals surface area (Å²) in [7, 11) is 0. The second-order valence-electron chi connectivity index (χ2n) is 2.88. The molecule has 1 atom stereocenters. The lowest BCUT2D eigenvalue weighted by atomic mass is 10.3. The molecule has 0 saturated heterocycles. The number of hydrogen-bond acceptors (Lipinski definition) is 4.